The number of hydrogen-bond acceptors (Lipinski definition) is 3. The number of piperidine rings is 1. The van der Waals surface area contributed by atoms with Crippen molar-refractivity contribution in [1.29, 1.82) is 0 Å². The molecule has 0 saturated carbocycles. The van der Waals surface area contributed by atoms with Crippen LogP contribution in [0.15, 0.2) is 0 Å². The van der Waals surface area contributed by atoms with Crippen molar-refractivity contribution >= 4 is 11.8 Å². The van der Waals surface area contributed by atoms with E-state index in [0.29, 0.717) is 0 Å². The van der Waals surface area contributed by atoms with Crippen molar-refractivity contribution in [3.63, 3.8) is 0 Å². The summed E-state index contributed by atoms with van der Waals surface area (Å²) in [5, 5.41) is 2.99. The quantitative estimate of drug-likeness (QED) is 0.856. The monoisotopic (exact) mass is 295 g/mol. The molecule has 2 rings (SSSR count). The summed E-state index contributed by atoms with van der Waals surface area (Å²) in [6.07, 6.45) is 6.81. The third-order valence-corrected chi connectivity index (χ3v) is 4.68. The highest BCUT2D eigenvalue weighted by molar-refractivity contribution is 5.81. The first-order chi connectivity index (χ1) is 10.1. The van der Waals surface area contributed by atoms with Crippen molar-refractivity contribution in [2.75, 3.05) is 26.2 Å². The normalized spacial score (nSPS) is 26.0. The first-order valence-electron chi connectivity index (χ1n) is 8.38. The zero-order valence-corrected chi connectivity index (χ0v) is 13.4. The Balaban J connectivity index is 1.89. The minimum atomic E-state index is -0.0698. The lowest BCUT2D eigenvalue weighted by atomic mass is 10.0. The molecule has 0 radical (unpaired) electrons. The van der Waals surface area contributed by atoms with Gasteiger partial charge in [0.15, 0.2) is 0 Å². The summed E-state index contributed by atoms with van der Waals surface area (Å²) >= 11 is 0. The van der Waals surface area contributed by atoms with E-state index in [0.717, 1.165) is 51.9 Å². The lowest BCUT2D eigenvalue weighted by Gasteiger charge is -2.38. The molecule has 0 bridgehead atoms. The van der Waals surface area contributed by atoms with Crippen LogP contribution in [0.3, 0.4) is 0 Å². The largest absolute Gasteiger partial charge is 0.352 e. The third kappa shape index (κ3) is 4.70. The van der Waals surface area contributed by atoms with Crippen molar-refractivity contribution in [3.8, 4) is 0 Å². The average Bonchev–Trinajstić information content (AvgIpc) is 2.74. The molecule has 0 aromatic heterocycles. The van der Waals surface area contributed by atoms with Crippen LogP contribution in [0.4, 0.5) is 0 Å². The Kier molecular flexibility index (Phi) is 6.03. The zero-order valence-electron chi connectivity index (χ0n) is 13.4. The Morgan fingerprint density at radius 3 is 2.33 bits per heavy atom. The molecule has 120 valence electrons. The molecule has 1 N–H and O–H groups in total. The molecule has 0 aromatic rings. The Morgan fingerprint density at radius 1 is 1.05 bits per heavy atom. The van der Waals surface area contributed by atoms with Crippen LogP contribution in [0.5, 0.6) is 0 Å². The van der Waals surface area contributed by atoms with Crippen LogP contribution >= 0.6 is 0 Å². The molecule has 2 fully saturated rings. The number of likely N-dealkylation sites (tertiary alicyclic amines) is 2. The molecule has 0 spiro atoms. The number of amides is 2. The van der Waals surface area contributed by atoms with Crippen molar-refractivity contribution in [3.05, 3.63) is 0 Å². The van der Waals surface area contributed by atoms with Crippen LogP contribution in [0.2, 0.25) is 0 Å². The van der Waals surface area contributed by atoms with Gasteiger partial charge in [0, 0.05) is 32.6 Å². The number of rotatable bonds is 3. The maximum Gasteiger partial charge on any atom is 0.239 e. The Hall–Kier alpha value is -1.10. The van der Waals surface area contributed by atoms with Gasteiger partial charge in [-0.25, -0.2) is 0 Å². The van der Waals surface area contributed by atoms with E-state index >= 15 is 0 Å². The second-order valence-corrected chi connectivity index (χ2v) is 6.45. The van der Waals surface area contributed by atoms with Crippen LogP contribution in [0.25, 0.3) is 0 Å². The van der Waals surface area contributed by atoms with E-state index in [2.05, 4.69) is 10.2 Å². The van der Waals surface area contributed by atoms with E-state index in [1.54, 1.807) is 6.92 Å². The fourth-order valence-electron chi connectivity index (χ4n) is 3.47. The maximum atomic E-state index is 12.7. The number of nitrogens with zero attached hydrogens (tertiary/aromatic N) is 2. The van der Waals surface area contributed by atoms with E-state index in [1.165, 1.54) is 12.8 Å². The molecule has 5 heteroatoms. The number of carbonyl (C=O) groups is 2. The number of hydrogen-bond donors (Lipinski definition) is 1. The van der Waals surface area contributed by atoms with Gasteiger partial charge in [0.1, 0.15) is 0 Å². The number of carbonyl (C=O) groups excluding carboxylic acids is 2. The van der Waals surface area contributed by atoms with Gasteiger partial charge >= 0.3 is 0 Å². The number of nitrogens with one attached hydrogen (secondary N) is 1. The van der Waals surface area contributed by atoms with Gasteiger partial charge in [-0.2, -0.15) is 0 Å². The molecule has 0 aromatic carbocycles. The van der Waals surface area contributed by atoms with Crippen molar-refractivity contribution in [2.24, 2.45) is 0 Å². The first kappa shape index (κ1) is 16.3. The fourth-order valence-corrected chi connectivity index (χ4v) is 3.47. The summed E-state index contributed by atoms with van der Waals surface area (Å²) in [5.41, 5.74) is 0. The Labute approximate surface area is 128 Å². The van der Waals surface area contributed by atoms with Crippen molar-refractivity contribution in [1.82, 2.24) is 15.1 Å². The minimum Gasteiger partial charge on any atom is -0.352 e. The lowest BCUT2D eigenvalue weighted by Crippen LogP contribution is -2.54. The molecule has 5 nitrogen and oxygen atoms in total. The summed E-state index contributed by atoms with van der Waals surface area (Å²) in [4.78, 5) is 28.2. The van der Waals surface area contributed by atoms with Gasteiger partial charge in [0.25, 0.3) is 0 Å². The highest BCUT2D eigenvalue weighted by Crippen LogP contribution is 2.17. The summed E-state index contributed by atoms with van der Waals surface area (Å²) in [5.74, 6) is 0.286. The molecule has 21 heavy (non-hydrogen) atoms. The van der Waals surface area contributed by atoms with Gasteiger partial charge in [-0.3, -0.25) is 14.5 Å². The van der Waals surface area contributed by atoms with Gasteiger partial charge in [-0.15, -0.1) is 0 Å². The second-order valence-electron chi connectivity index (χ2n) is 6.45. The predicted molar refractivity (Wildman–Crippen MR) is 82.9 cm³/mol. The molecule has 2 saturated heterocycles. The highest BCUT2D eigenvalue weighted by atomic mass is 16.2. The predicted octanol–water partition coefficient (Wildman–Crippen LogP) is 1.38. The van der Waals surface area contributed by atoms with E-state index in [1.807, 2.05) is 11.8 Å². The molecule has 2 aliphatic heterocycles. The minimum absolute atomic E-state index is 0.0216. The summed E-state index contributed by atoms with van der Waals surface area (Å²) in [6.45, 7) is 7.14. The van der Waals surface area contributed by atoms with Crippen molar-refractivity contribution < 1.29 is 9.59 Å². The second kappa shape index (κ2) is 7.78. The molecule has 0 aliphatic carbocycles. The Morgan fingerprint density at radius 2 is 1.71 bits per heavy atom. The zero-order chi connectivity index (χ0) is 15.2. The third-order valence-electron chi connectivity index (χ3n) is 4.68. The van der Waals surface area contributed by atoms with Crippen LogP contribution in [0, 0.1) is 0 Å². The van der Waals surface area contributed by atoms with Gasteiger partial charge in [0.2, 0.25) is 11.8 Å². The smallest absolute Gasteiger partial charge is 0.239 e. The Bertz CT molecular complexity index is 365. The van der Waals surface area contributed by atoms with Gasteiger partial charge in [-0.05, 0) is 39.2 Å². The first-order valence-corrected chi connectivity index (χ1v) is 8.38. The summed E-state index contributed by atoms with van der Waals surface area (Å²) in [7, 11) is 0. The van der Waals surface area contributed by atoms with Crippen LogP contribution in [-0.4, -0.2) is 59.9 Å². The molecule has 2 amide bonds. The maximum absolute atomic E-state index is 12.7. The summed E-state index contributed by atoms with van der Waals surface area (Å²) in [6, 6.07) is 0.121. The van der Waals surface area contributed by atoms with Crippen LogP contribution in [0.1, 0.15) is 52.4 Å². The highest BCUT2D eigenvalue weighted by Gasteiger charge is 2.30. The molecule has 0 unspecified atom stereocenters. The molecule has 2 aliphatic rings. The van der Waals surface area contributed by atoms with Crippen LogP contribution in [-0.2, 0) is 9.59 Å². The SMILES string of the molecule is CC(=O)N[C@H]1CCCN([C@@H](C)C(=O)N2CCCCCC2)C1. The topological polar surface area (TPSA) is 52.7 Å². The van der Waals surface area contributed by atoms with E-state index in [4.69, 9.17) is 0 Å². The molecular weight excluding hydrogens is 266 g/mol. The lowest BCUT2D eigenvalue weighted by molar-refractivity contribution is -0.136. The van der Waals surface area contributed by atoms with Crippen molar-refractivity contribution in [2.45, 2.75) is 64.5 Å². The molecule has 2 heterocycles. The van der Waals surface area contributed by atoms with E-state index in [-0.39, 0.29) is 23.9 Å². The standard InChI is InChI=1S/C16H29N3O2/c1-13(16(21)18-9-5-3-4-6-10-18)19-11-7-8-15(12-19)17-14(2)20/h13,15H,3-12H2,1-2H3,(H,17,20)/t13-,15-/m0/s1. The molecule has 2 atom stereocenters. The molecular formula is C16H29N3O2. The van der Waals surface area contributed by atoms with Gasteiger partial charge in [-0.1, -0.05) is 12.8 Å². The summed E-state index contributed by atoms with van der Waals surface area (Å²) < 4.78 is 0. The van der Waals surface area contributed by atoms with E-state index < -0.39 is 0 Å². The van der Waals surface area contributed by atoms with Crippen LogP contribution < -0.4 is 5.32 Å². The van der Waals surface area contributed by atoms with E-state index in [9.17, 15) is 9.59 Å². The average molecular weight is 295 g/mol. The fraction of sp³-hybridized carbons (Fsp3) is 0.875. The van der Waals surface area contributed by atoms with Gasteiger partial charge < -0.3 is 10.2 Å². The van der Waals surface area contributed by atoms with Gasteiger partial charge in [0.05, 0.1) is 6.04 Å².